The van der Waals surface area contributed by atoms with Gasteiger partial charge in [-0.05, 0) is 54.0 Å². The van der Waals surface area contributed by atoms with Crippen LogP contribution in [0.25, 0.3) is 6.08 Å². The Morgan fingerprint density at radius 1 is 1.08 bits per heavy atom. The Morgan fingerprint density at radius 3 is 2.31 bits per heavy atom. The molecule has 1 heterocycles. The molecule has 2 saturated carbocycles. The van der Waals surface area contributed by atoms with E-state index >= 15 is 0 Å². The van der Waals surface area contributed by atoms with Crippen molar-refractivity contribution in [1.82, 2.24) is 9.80 Å². The van der Waals surface area contributed by atoms with E-state index in [1.54, 1.807) is 0 Å². The highest BCUT2D eigenvalue weighted by Crippen LogP contribution is 2.65. The molecule has 0 aromatic heterocycles. The number of hydrogen-bond acceptors (Lipinski definition) is 3. The van der Waals surface area contributed by atoms with Crippen LogP contribution in [-0.2, 0) is 11.3 Å². The van der Waals surface area contributed by atoms with Crippen molar-refractivity contribution in [2.45, 2.75) is 40.2 Å². The fraction of sp³-hybridized carbons (Fsp3) is 0.609. The molecule has 3 aliphatic rings. The van der Waals surface area contributed by atoms with Crippen molar-refractivity contribution in [1.29, 1.82) is 0 Å². The van der Waals surface area contributed by atoms with Gasteiger partial charge in [0, 0.05) is 38.1 Å². The van der Waals surface area contributed by atoms with Gasteiger partial charge in [-0.2, -0.15) is 0 Å². The molecule has 1 saturated heterocycles. The Bertz CT molecular complexity index is 725. The molecule has 4 rings (SSSR count). The molecule has 0 amide bonds. The van der Waals surface area contributed by atoms with Crippen molar-refractivity contribution in [2.24, 2.45) is 16.7 Å². The molecule has 2 atom stereocenters. The van der Waals surface area contributed by atoms with Crippen LogP contribution in [0.2, 0.25) is 0 Å². The monoisotopic (exact) mass is 352 g/mol. The summed E-state index contributed by atoms with van der Waals surface area (Å²) in [6.07, 6.45) is 4.37. The Labute approximate surface area is 158 Å². The van der Waals surface area contributed by atoms with Crippen LogP contribution in [0, 0.1) is 16.7 Å². The predicted molar refractivity (Wildman–Crippen MR) is 107 cm³/mol. The summed E-state index contributed by atoms with van der Waals surface area (Å²) in [5, 5.41) is 0. The maximum Gasteiger partial charge on any atom is 0.165 e. The molecule has 1 aromatic carbocycles. The predicted octanol–water partition coefficient (Wildman–Crippen LogP) is 3.84. The zero-order valence-corrected chi connectivity index (χ0v) is 16.7. The topological polar surface area (TPSA) is 23.6 Å². The van der Waals surface area contributed by atoms with Gasteiger partial charge in [-0.25, -0.2) is 0 Å². The van der Waals surface area contributed by atoms with E-state index in [0.29, 0.717) is 11.7 Å². The number of allylic oxidation sites excluding steroid dienone is 1. The largest absolute Gasteiger partial charge is 0.304 e. The lowest BCUT2D eigenvalue weighted by atomic mass is 9.70. The van der Waals surface area contributed by atoms with Crippen molar-refractivity contribution in [3.63, 3.8) is 0 Å². The summed E-state index contributed by atoms with van der Waals surface area (Å²) in [6.45, 7) is 12.4. The molecule has 0 radical (unpaired) electrons. The van der Waals surface area contributed by atoms with Gasteiger partial charge in [0.1, 0.15) is 0 Å². The van der Waals surface area contributed by atoms with Crippen LogP contribution < -0.4 is 0 Å². The normalized spacial score (nSPS) is 33.3. The van der Waals surface area contributed by atoms with Crippen molar-refractivity contribution in [2.75, 3.05) is 33.2 Å². The SMILES string of the molecule is CN1CCN(Cc2ccc(C=C3C(=O)C4(C)CCC3C4(C)C)cc2)CC1. The number of benzene rings is 1. The fourth-order valence-corrected chi connectivity index (χ4v) is 5.26. The van der Waals surface area contributed by atoms with E-state index in [4.69, 9.17) is 0 Å². The smallest absolute Gasteiger partial charge is 0.165 e. The summed E-state index contributed by atoms with van der Waals surface area (Å²) in [6, 6.07) is 8.84. The number of rotatable bonds is 3. The minimum atomic E-state index is -0.162. The summed E-state index contributed by atoms with van der Waals surface area (Å²) in [5.74, 6) is 0.810. The summed E-state index contributed by atoms with van der Waals surface area (Å²) >= 11 is 0. The third-order valence-electron chi connectivity index (χ3n) is 7.67. The molecular weight excluding hydrogens is 320 g/mol. The molecule has 2 bridgehead atoms. The maximum absolute atomic E-state index is 13.0. The summed E-state index contributed by atoms with van der Waals surface area (Å²) in [5.41, 5.74) is 3.53. The molecule has 0 spiro atoms. The Kier molecular flexibility index (Phi) is 4.36. The zero-order valence-electron chi connectivity index (χ0n) is 16.7. The Hall–Kier alpha value is -1.45. The highest BCUT2D eigenvalue weighted by molar-refractivity contribution is 6.07. The van der Waals surface area contributed by atoms with Crippen LogP contribution in [0.1, 0.15) is 44.7 Å². The van der Waals surface area contributed by atoms with Gasteiger partial charge in [0.25, 0.3) is 0 Å². The number of ketones is 1. The molecule has 140 valence electrons. The number of hydrogen-bond donors (Lipinski definition) is 0. The molecular formula is C23H32N2O. The lowest BCUT2D eigenvalue weighted by Crippen LogP contribution is -2.43. The first kappa shape index (κ1) is 17.9. The number of Topliss-reactive ketones (excluding diaryl/α,β-unsaturated/α-hetero) is 1. The lowest BCUT2D eigenvalue weighted by molar-refractivity contribution is -0.125. The number of likely N-dealkylation sites (N-methyl/N-ethyl adjacent to an activating group) is 1. The molecule has 2 unspecified atom stereocenters. The first-order chi connectivity index (χ1) is 12.3. The molecule has 3 nitrogen and oxygen atoms in total. The van der Waals surface area contributed by atoms with Gasteiger partial charge in [-0.3, -0.25) is 9.69 Å². The quantitative estimate of drug-likeness (QED) is 0.772. The average molecular weight is 353 g/mol. The summed E-state index contributed by atoms with van der Waals surface area (Å²) in [7, 11) is 2.19. The van der Waals surface area contributed by atoms with Crippen molar-refractivity contribution in [3.05, 3.63) is 41.0 Å². The standard InChI is InChI=1S/C23H32N2O/c1-22(2)20-9-10-23(22,3)21(26)19(20)15-17-5-7-18(8-6-17)16-25-13-11-24(4)12-14-25/h5-8,15,20H,9-14,16H2,1-4H3. The van der Waals surface area contributed by atoms with E-state index in [2.05, 4.69) is 68.0 Å². The van der Waals surface area contributed by atoms with Gasteiger partial charge < -0.3 is 4.90 Å². The summed E-state index contributed by atoms with van der Waals surface area (Å²) < 4.78 is 0. The highest BCUT2D eigenvalue weighted by atomic mass is 16.1. The minimum Gasteiger partial charge on any atom is -0.304 e. The Morgan fingerprint density at radius 2 is 1.73 bits per heavy atom. The molecule has 1 aromatic rings. The van der Waals surface area contributed by atoms with Crippen molar-refractivity contribution >= 4 is 11.9 Å². The zero-order chi connectivity index (χ0) is 18.5. The number of fused-ring (bicyclic) bond motifs is 2. The van der Waals surface area contributed by atoms with E-state index in [-0.39, 0.29) is 10.8 Å². The van der Waals surface area contributed by atoms with Crippen LogP contribution in [0.4, 0.5) is 0 Å². The number of nitrogens with zero attached hydrogens (tertiary/aromatic N) is 2. The molecule has 1 aliphatic heterocycles. The fourth-order valence-electron chi connectivity index (χ4n) is 5.26. The van der Waals surface area contributed by atoms with Gasteiger partial charge in [0.15, 0.2) is 5.78 Å². The van der Waals surface area contributed by atoms with Crippen molar-refractivity contribution in [3.8, 4) is 0 Å². The van der Waals surface area contributed by atoms with E-state index in [0.717, 1.165) is 51.1 Å². The summed E-state index contributed by atoms with van der Waals surface area (Å²) in [4.78, 5) is 17.9. The van der Waals surface area contributed by atoms with Gasteiger partial charge in [-0.15, -0.1) is 0 Å². The second-order valence-electron chi connectivity index (χ2n) is 9.39. The highest BCUT2D eigenvalue weighted by Gasteiger charge is 2.63. The molecule has 2 aliphatic carbocycles. The van der Waals surface area contributed by atoms with Gasteiger partial charge >= 0.3 is 0 Å². The van der Waals surface area contributed by atoms with Crippen LogP contribution in [0.3, 0.4) is 0 Å². The molecule has 3 fully saturated rings. The van der Waals surface area contributed by atoms with E-state index in [1.165, 1.54) is 11.1 Å². The Balaban J connectivity index is 1.48. The second-order valence-corrected chi connectivity index (χ2v) is 9.39. The number of carbonyl (C=O) groups is 1. The third-order valence-corrected chi connectivity index (χ3v) is 7.67. The van der Waals surface area contributed by atoms with Crippen LogP contribution in [0.15, 0.2) is 29.8 Å². The number of piperazine rings is 1. The van der Waals surface area contributed by atoms with E-state index in [9.17, 15) is 4.79 Å². The maximum atomic E-state index is 13.0. The van der Waals surface area contributed by atoms with Crippen molar-refractivity contribution < 1.29 is 4.79 Å². The van der Waals surface area contributed by atoms with Gasteiger partial charge in [0.05, 0.1) is 0 Å². The first-order valence-corrected chi connectivity index (χ1v) is 10.1. The third kappa shape index (κ3) is 2.76. The van der Waals surface area contributed by atoms with E-state index < -0.39 is 0 Å². The lowest BCUT2D eigenvalue weighted by Gasteiger charge is -2.32. The van der Waals surface area contributed by atoms with Crippen LogP contribution in [0.5, 0.6) is 0 Å². The van der Waals surface area contributed by atoms with Gasteiger partial charge in [-0.1, -0.05) is 45.0 Å². The molecule has 26 heavy (non-hydrogen) atoms. The molecule has 0 N–H and O–H groups in total. The van der Waals surface area contributed by atoms with E-state index in [1.807, 2.05) is 0 Å². The minimum absolute atomic E-state index is 0.0945. The molecule has 3 heteroatoms. The van der Waals surface area contributed by atoms with Crippen LogP contribution >= 0.6 is 0 Å². The average Bonchev–Trinajstić information content (AvgIpc) is 2.92. The number of carbonyl (C=O) groups excluding carboxylic acids is 1. The first-order valence-electron chi connectivity index (χ1n) is 10.1. The van der Waals surface area contributed by atoms with Crippen LogP contribution in [-0.4, -0.2) is 48.8 Å². The second kappa shape index (κ2) is 6.31. The van der Waals surface area contributed by atoms with Gasteiger partial charge in [0.2, 0.25) is 0 Å².